The van der Waals surface area contributed by atoms with Crippen molar-refractivity contribution in [2.45, 2.75) is 45.2 Å². The number of rotatable bonds is 4. The second-order valence-corrected chi connectivity index (χ2v) is 4.32. The van der Waals surface area contributed by atoms with Gasteiger partial charge in [0, 0.05) is 6.54 Å². The molecule has 2 heterocycles. The lowest BCUT2D eigenvalue weighted by Crippen LogP contribution is -2.29. The summed E-state index contributed by atoms with van der Waals surface area (Å²) in [6.07, 6.45) is 6.69. The summed E-state index contributed by atoms with van der Waals surface area (Å²) in [6.45, 7) is 4.24. The molecule has 1 unspecified atom stereocenters. The van der Waals surface area contributed by atoms with Gasteiger partial charge >= 0.3 is 0 Å². The van der Waals surface area contributed by atoms with Gasteiger partial charge in [-0.2, -0.15) is 5.10 Å². The van der Waals surface area contributed by atoms with Gasteiger partial charge in [-0.15, -0.1) is 0 Å². The van der Waals surface area contributed by atoms with Gasteiger partial charge < -0.3 is 10.1 Å². The lowest BCUT2D eigenvalue weighted by atomic mass is 10.0. The molecule has 4 heteroatoms. The number of hydrogen-bond acceptors (Lipinski definition) is 3. The quantitative estimate of drug-likeness (QED) is 0.849. The highest BCUT2D eigenvalue weighted by Crippen LogP contribution is 2.30. The molecule has 1 aromatic rings. The fraction of sp³-hybridized carbons (Fsp3) is 0.750. The third-order valence-corrected chi connectivity index (χ3v) is 3.14. The number of piperidine rings is 1. The zero-order valence-corrected chi connectivity index (χ0v) is 10.2. The normalized spacial score (nSPS) is 21.0. The van der Waals surface area contributed by atoms with Crippen LogP contribution in [0.5, 0.6) is 5.75 Å². The molecule has 1 N–H and O–H groups in total. The van der Waals surface area contributed by atoms with Crippen molar-refractivity contribution in [2.24, 2.45) is 0 Å². The van der Waals surface area contributed by atoms with Crippen molar-refractivity contribution in [3.63, 3.8) is 0 Å². The van der Waals surface area contributed by atoms with Gasteiger partial charge in [0.25, 0.3) is 0 Å². The Hall–Kier alpha value is -1.03. The molecule has 1 aromatic heterocycles. The third kappa shape index (κ3) is 2.21. The van der Waals surface area contributed by atoms with Gasteiger partial charge in [-0.25, -0.2) is 0 Å². The van der Waals surface area contributed by atoms with Gasteiger partial charge in [0.15, 0.2) is 5.75 Å². The molecule has 90 valence electrons. The first-order valence-corrected chi connectivity index (χ1v) is 6.20. The van der Waals surface area contributed by atoms with Crippen LogP contribution in [0.2, 0.25) is 0 Å². The average Bonchev–Trinajstić information content (AvgIpc) is 2.74. The first kappa shape index (κ1) is 11.5. The van der Waals surface area contributed by atoms with Crippen LogP contribution in [0.3, 0.4) is 0 Å². The number of aryl methyl sites for hydroxylation is 1. The zero-order chi connectivity index (χ0) is 11.4. The minimum atomic E-state index is 0.415. The van der Waals surface area contributed by atoms with Crippen molar-refractivity contribution in [1.82, 2.24) is 15.1 Å². The summed E-state index contributed by atoms with van der Waals surface area (Å²) in [6, 6.07) is 0.415. The first-order chi connectivity index (χ1) is 7.86. The molecular weight excluding hydrogens is 202 g/mol. The number of nitrogens with zero attached hydrogens (tertiary/aromatic N) is 2. The van der Waals surface area contributed by atoms with Crippen molar-refractivity contribution in [3.8, 4) is 5.75 Å². The highest BCUT2D eigenvalue weighted by atomic mass is 16.5. The number of methoxy groups -OCH3 is 1. The van der Waals surface area contributed by atoms with E-state index in [1.54, 1.807) is 7.11 Å². The van der Waals surface area contributed by atoms with Crippen molar-refractivity contribution in [1.29, 1.82) is 0 Å². The maximum atomic E-state index is 5.40. The molecule has 1 aliphatic heterocycles. The van der Waals surface area contributed by atoms with E-state index in [0.717, 1.165) is 25.3 Å². The van der Waals surface area contributed by atoms with Gasteiger partial charge in [-0.05, 0) is 25.8 Å². The van der Waals surface area contributed by atoms with E-state index in [4.69, 9.17) is 4.74 Å². The molecule has 0 aliphatic carbocycles. The molecule has 1 aliphatic rings. The van der Waals surface area contributed by atoms with Crippen molar-refractivity contribution in [3.05, 3.63) is 11.9 Å². The molecule has 0 aromatic carbocycles. The molecule has 4 nitrogen and oxygen atoms in total. The van der Waals surface area contributed by atoms with Gasteiger partial charge in [-0.1, -0.05) is 13.3 Å². The molecule has 2 rings (SSSR count). The van der Waals surface area contributed by atoms with E-state index in [9.17, 15) is 0 Å². The molecule has 0 saturated carbocycles. The van der Waals surface area contributed by atoms with Crippen LogP contribution in [0.4, 0.5) is 0 Å². The number of nitrogens with one attached hydrogen (secondary N) is 1. The maximum absolute atomic E-state index is 5.40. The monoisotopic (exact) mass is 223 g/mol. The summed E-state index contributed by atoms with van der Waals surface area (Å²) in [5.74, 6) is 0.924. The minimum Gasteiger partial charge on any atom is -0.493 e. The Bertz CT molecular complexity index is 329. The minimum absolute atomic E-state index is 0.415. The van der Waals surface area contributed by atoms with Gasteiger partial charge in [0.2, 0.25) is 0 Å². The molecule has 0 amide bonds. The highest BCUT2D eigenvalue weighted by molar-refractivity contribution is 5.28. The standard InChI is InChI=1S/C12H21N3O/c1-3-8-15-12(11(16-2)9-14-15)10-6-4-5-7-13-10/h9-10,13H,3-8H2,1-2H3. The van der Waals surface area contributed by atoms with E-state index in [1.165, 1.54) is 25.0 Å². The highest BCUT2D eigenvalue weighted by Gasteiger charge is 2.23. The van der Waals surface area contributed by atoms with Crippen LogP contribution in [0.25, 0.3) is 0 Å². The molecule has 1 saturated heterocycles. The van der Waals surface area contributed by atoms with Crippen molar-refractivity contribution >= 4 is 0 Å². The van der Waals surface area contributed by atoms with E-state index in [1.807, 2.05) is 6.20 Å². The fourth-order valence-corrected chi connectivity index (χ4v) is 2.36. The van der Waals surface area contributed by atoms with Crippen LogP contribution >= 0.6 is 0 Å². The molecule has 0 radical (unpaired) electrons. The van der Waals surface area contributed by atoms with Crippen LogP contribution in [0.15, 0.2) is 6.20 Å². The van der Waals surface area contributed by atoms with Crippen LogP contribution in [0, 0.1) is 0 Å². The third-order valence-electron chi connectivity index (χ3n) is 3.14. The van der Waals surface area contributed by atoms with Crippen molar-refractivity contribution in [2.75, 3.05) is 13.7 Å². The van der Waals surface area contributed by atoms with Gasteiger partial charge in [-0.3, -0.25) is 4.68 Å². The average molecular weight is 223 g/mol. The summed E-state index contributed by atoms with van der Waals surface area (Å²) >= 11 is 0. The Balaban J connectivity index is 2.23. The van der Waals surface area contributed by atoms with Crippen LogP contribution in [-0.4, -0.2) is 23.4 Å². The Morgan fingerprint density at radius 3 is 3.06 bits per heavy atom. The Morgan fingerprint density at radius 2 is 2.44 bits per heavy atom. The topological polar surface area (TPSA) is 39.1 Å². The largest absolute Gasteiger partial charge is 0.493 e. The fourth-order valence-electron chi connectivity index (χ4n) is 2.36. The summed E-state index contributed by atoms with van der Waals surface area (Å²) in [5, 5.41) is 7.96. The van der Waals surface area contributed by atoms with Crippen molar-refractivity contribution < 1.29 is 4.74 Å². The zero-order valence-electron chi connectivity index (χ0n) is 10.2. The molecular formula is C12H21N3O. The van der Waals surface area contributed by atoms with E-state index >= 15 is 0 Å². The van der Waals surface area contributed by atoms with E-state index in [2.05, 4.69) is 22.0 Å². The molecule has 0 spiro atoms. The van der Waals surface area contributed by atoms with Gasteiger partial charge in [0.1, 0.15) is 0 Å². The number of hydrogen-bond donors (Lipinski definition) is 1. The van der Waals surface area contributed by atoms with Crippen LogP contribution in [0.1, 0.15) is 44.3 Å². The Morgan fingerprint density at radius 1 is 1.56 bits per heavy atom. The van der Waals surface area contributed by atoms with E-state index in [-0.39, 0.29) is 0 Å². The van der Waals surface area contributed by atoms with Crippen LogP contribution in [-0.2, 0) is 6.54 Å². The number of aromatic nitrogens is 2. The van der Waals surface area contributed by atoms with Crippen LogP contribution < -0.4 is 10.1 Å². The smallest absolute Gasteiger partial charge is 0.161 e. The molecule has 1 atom stereocenters. The molecule has 1 fully saturated rings. The SMILES string of the molecule is CCCn1ncc(OC)c1C1CCCCN1. The maximum Gasteiger partial charge on any atom is 0.161 e. The second kappa shape index (κ2) is 5.34. The molecule has 16 heavy (non-hydrogen) atoms. The molecule has 0 bridgehead atoms. The predicted molar refractivity (Wildman–Crippen MR) is 63.7 cm³/mol. The summed E-state index contributed by atoms with van der Waals surface area (Å²) in [4.78, 5) is 0. The summed E-state index contributed by atoms with van der Waals surface area (Å²) < 4.78 is 7.49. The first-order valence-electron chi connectivity index (χ1n) is 6.20. The predicted octanol–water partition coefficient (Wildman–Crippen LogP) is 2.12. The van der Waals surface area contributed by atoms with Gasteiger partial charge in [0.05, 0.1) is 25.0 Å². The lowest BCUT2D eigenvalue weighted by Gasteiger charge is -2.25. The lowest BCUT2D eigenvalue weighted by molar-refractivity contribution is 0.356. The van der Waals surface area contributed by atoms with E-state index in [0.29, 0.717) is 6.04 Å². The second-order valence-electron chi connectivity index (χ2n) is 4.32. The van der Waals surface area contributed by atoms with E-state index < -0.39 is 0 Å². The number of ether oxygens (including phenoxy) is 1. The summed E-state index contributed by atoms with van der Waals surface area (Å²) in [5.41, 5.74) is 1.23. The Labute approximate surface area is 97.0 Å². The Kier molecular flexibility index (Phi) is 3.83. The summed E-state index contributed by atoms with van der Waals surface area (Å²) in [7, 11) is 1.72.